The molecule has 1 aromatic rings. The molecule has 0 N–H and O–H groups in total. The van der Waals surface area contributed by atoms with E-state index in [4.69, 9.17) is 14.2 Å². The summed E-state index contributed by atoms with van der Waals surface area (Å²) in [5, 5.41) is 0. The van der Waals surface area contributed by atoms with E-state index in [2.05, 4.69) is 6.58 Å². The third-order valence-corrected chi connectivity index (χ3v) is 4.73. The quantitative estimate of drug-likeness (QED) is 0.316. The topological polar surface area (TPSA) is 78.9 Å². The number of esters is 3. The highest BCUT2D eigenvalue weighted by atomic mass is 16.6. The van der Waals surface area contributed by atoms with E-state index in [-0.39, 0.29) is 38.6 Å². The Morgan fingerprint density at radius 3 is 2.19 bits per heavy atom. The fourth-order valence-corrected chi connectivity index (χ4v) is 3.47. The van der Waals surface area contributed by atoms with Gasteiger partial charge in [-0.25, -0.2) is 4.79 Å². The van der Waals surface area contributed by atoms with Gasteiger partial charge in [0, 0.05) is 5.92 Å². The predicted molar refractivity (Wildman–Crippen MR) is 99.4 cm³/mol. The molecule has 6 nitrogen and oxygen atoms in total. The maximum absolute atomic E-state index is 12.7. The lowest BCUT2D eigenvalue weighted by molar-refractivity contribution is -0.173. The summed E-state index contributed by atoms with van der Waals surface area (Å²) in [6.07, 6.45) is 2.03. The molecule has 0 fully saturated rings. The number of benzene rings is 1. The summed E-state index contributed by atoms with van der Waals surface area (Å²) in [6, 6.07) is 5.15. The Morgan fingerprint density at radius 2 is 1.67 bits per heavy atom. The number of hydrogen-bond acceptors (Lipinski definition) is 6. The van der Waals surface area contributed by atoms with E-state index in [1.165, 1.54) is 0 Å². The molecule has 1 aliphatic rings. The standard InChI is InChI=1S/C21H26O6/c1-5-14-12-21(19(23)26-7-3,20(24)27-8-4)13-16-10-9-15(11-17(14)16)18(22)25-6-2/h5,9-11,14H,1,6-8,12-13H2,2-4H3. The molecule has 1 atom stereocenters. The molecule has 1 unspecified atom stereocenters. The first-order chi connectivity index (χ1) is 12.9. The van der Waals surface area contributed by atoms with E-state index < -0.39 is 23.3 Å². The van der Waals surface area contributed by atoms with Crippen molar-refractivity contribution in [3.8, 4) is 0 Å². The third-order valence-electron chi connectivity index (χ3n) is 4.73. The zero-order chi connectivity index (χ0) is 20.0. The normalized spacial score (nSPS) is 17.4. The summed E-state index contributed by atoms with van der Waals surface area (Å²) < 4.78 is 15.5. The molecule has 0 radical (unpaired) electrons. The van der Waals surface area contributed by atoms with Crippen LogP contribution in [0.4, 0.5) is 0 Å². The van der Waals surface area contributed by atoms with Crippen LogP contribution >= 0.6 is 0 Å². The van der Waals surface area contributed by atoms with Gasteiger partial charge in [-0.2, -0.15) is 0 Å². The van der Waals surface area contributed by atoms with Gasteiger partial charge in [0.15, 0.2) is 5.41 Å². The zero-order valence-corrected chi connectivity index (χ0v) is 16.1. The second-order valence-corrected chi connectivity index (χ2v) is 6.38. The fraction of sp³-hybridized carbons (Fsp3) is 0.476. The predicted octanol–water partition coefficient (Wildman–Crippen LogP) is 3.19. The van der Waals surface area contributed by atoms with Crippen molar-refractivity contribution in [1.29, 1.82) is 0 Å². The average molecular weight is 374 g/mol. The fourth-order valence-electron chi connectivity index (χ4n) is 3.47. The van der Waals surface area contributed by atoms with Gasteiger partial charge in [0.25, 0.3) is 0 Å². The third kappa shape index (κ3) is 4.04. The molecule has 0 saturated heterocycles. The van der Waals surface area contributed by atoms with E-state index >= 15 is 0 Å². The van der Waals surface area contributed by atoms with Crippen LogP contribution < -0.4 is 0 Å². The van der Waals surface area contributed by atoms with Crippen molar-refractivity contribution in [2.24, 2.45) is 5.41 Å². The number of ether oxygens (including phenoxy) is 3. The van der Waals surface area contributed by atoms with Crippen molar-refractivity contribution < 1.29 is 28.6 Å². The SMILES string of the molecule is C=CC1CC(C(=O)OCC)(C(=O)OCC)Cc2ccc(C(=O)OCC)cc21. The van der Waals surface area contributed by atoms with Crippen molar-refractivity contribution in [1.82, 2.24) is 0 Å². The van der Waals surface area contributed by atoms with Crippen LogP contribution in [-0.2, 0) is 30.2 Å². The van der Waals surface area contributed by atoms with Gasteiger partial charge in [-0.3, -0.25) is 9.59 Å². The second kappa shape index (κ2) is 8.84. The van der Waals surface area contributed by atoms with Gasteiger partial charge in [-0.1, -0.05) is 12.1 Å². The Kier molecular flexibility index (Phi) is 6.77. The van der Waals surface area contributed by atoms with Gasteiger partial charge >= 0.3 is 17.9 Å². The minimum absolute atomic E-state index is 0.160. The van der Waals surface area contributed by atoms with Crippen LogP contribution in [0.5, 0.6) is 0 Å². The monoisotopic (exact) mass is 374 g/mol. The van der Waals surface area contributed by atoms with Gasteiger partial charge < -0.3 is 14.2 Å². The van der Waals surface area contributed by atoms with Gasteiger partial charge in [-0.05, 0) is 56.9 Å². The van der Waals surface area contributed by atoms with Crippen molar-refractivity contribution in [2.75, 3.05) is 19.8 Å². The Morgan fingerprint density at radius 1 is 1.07 bits per heavy atom. The maximum Gasteiger partial charge on any atom is 0.338 e. The minimum Gasteiger partial charge on any atom is -0.465 e. The van der Waals surface area contributed by atoms with Gasteiger partial charge in [0.2, 0.25) is 0 Å². The van der Waals surface area contributed by atoms with E-state index in [1.807, 2.05) is 0 Å². The van der Waals surface area contributed by atoms with Crippen LogP contribution in [0.15, 0.2) is 30.9 Å². The summed E-state index contributed by atoms with van der Waals surface area (Å²) in [4.78, 5) is 37.5. The maximum atomic E-state index is 12.7. The Hall–Kier alpha value is -2.63. The average Bonchev–Trinajstić information content (AvgIpc) is 2.67. The van der Waals surface area contributed by atoms with Crippen LogP contribution in [0.2, 0.25) is 0 Å². The lowest BCUT2D eigenvalue weighted by Gasteiger charge is -2.37. The number of allylic oxidation sites excluding steroid dienone is 1. The molecule has 0 saturated carbocycles. The van der Waals surface area contributed by atoms with Crippen LogP contribution in [-0.4, -0.2) is 37.7 Å². The molecular weight excluding hydrogens is 348 g/mol. The second-order valence-electron chi connectivity index (χ2n) is 6.38. The van der Waals surface area contributed by atoms with Gasteiger partial charge in [0.1, 0.15) is 0 Å². The lowest BCUT2D eigenvalue weighted by atomic mass is 9.66. The number of carbonyl (C=O) groups excluding carboxylic acids is 3. The molecule has 2 rings (SSSR count). The molecular formula is C21H26O6. The van der Waals surface area contributed by atoms with Crippen molar-refractivity contribution in [3.05, 3.63) is 47.5 Å². The zero-order valence-electron chi connectivity index (χ0n) is 16.1. The van der Waals surface area contributed by atoms with Crippen LogP contribution in [0.25, 0.3) is 0 Å². The number of hydrogen-bond donors (Lipinski definition) is 0. The smallest absolute Gasteiger partial charge is 0.338 e. The van der Waals surface area contributed by atoms with Gasteiger partial charge in [-0.15, -0.1) is 6.58 Å². The molecule has 1 aliphatic carbocycles. The molecule has 146 valence electrons. The first-order valence-corrected chi connectivity index (χ1v) is 9.20. The first kappa shape index (κ1) is 20.7. The van der Waals surface area contributed by atoms with Crippen molar-refractivity contribution in [2.45, 2.75) is 39.5 Å². The van der Waals surface area contributed by atoms with Crippen molar-refractivity contribution in [3.63, 3.8) is 0 Å². The van der Waals surface area contributed by atoms with Crippen molar-refractivity contribution >= 4 is 17.9 Å². The molecule has 0 bridgehead atoms. The highest BCUT2D eigenvalue weighted by Gasteiger charge is 2.52. The van der Waals surface area contributed by atoms with E-state index in [0.29, 0.717) is 5.56 Å². The highest BCUT2D eigenvalue weighted by molar-refractivity contribution is 6.01. The lowest BCUT2D eigenvalue weighted by Crippen LogP contribution is -2.47. The molecule has 0 aromatic heterocycles. The van der Waals surface area contributed by atoms with Crippen LogP contribution in [0.1, 0.15) is 54.6 Å². The minimum atomic E-state index is -1.41. The molecule has 0 spiro atoms. The molecule has 0 amide bonds. The van der Waals surface area contributed by atoms with E-state index in [0.717, 1.165) is 11.1 Å². The van der Waals surface area contributed by atoms with Gasteiger partial charge in [0.05, 0.1) is 25.4 Å². The Balaban J connectivity index is 2.50. The van der Waals surface area contributed by atoms with E-state index in [9.17, 15) is 14.4 Å². The van der Waals surface area contributed by atoms with E-state index in [1.54, 1.807) is 45.0 Å². The summed E-state index contributed by atoms with van der Waals surface area (Å²) in [7, 11) is 0. The number of carbonyl (C=O) groups is 3. The van der Waals surface area contributed by atoms with Crippen LogP contribution in [0, 0.1) is 5.41 Å². The Bertz CT molecular complexity index is 718. The molecule has 27 heavy (non-hydrogen) atoms. The number of fused-ring (bicyclic) bond motifs is 1. The first-order valence-electron chi connectivity index (χ1n) is 9.20. The molecule has 0 heterocycles. The summed E-state index contributed by atoms with van der Waals surface area (Å²) in [5.41, 5.74) is 0.672. The molecule has 6 heteroatoms. The summed E-state index contributed by atoms with van der Waals surface area (Å²) >= 11 is 0. The summed E-state index contributed by atoms with van der Waals surface area (Å²) in [6.45, 7) is 9.63. The van der Waals surface area contributed by atoms with Crippen LogP contribution in [0.3, 0.4) is 0 Å². The highest BCUT2D eigenvalue weighted by Crippen LogP contribution is 2.45. The number of rotatable bonds is 7. The molecule has 1 aromatic carbocycles. The summed E-state index contributed by atoms with van der Waals surface area (Å²) in [5.74, 6) is -1.88. The Labute approximate surface area is 159 Å². The molecule has 0 aliphatic heterocycles. The largest absolute Gasteiger partial charge is 0.465 e.